The predicted molar refractivity (Wildman–Crippen MR) is 47.8 cm³/mol. The molecule has 4 heavy (non-hydrogen) atoms. The van der Waals surface area contributed by atoms with E-state index in [1.807, 2.05) is 0 Å². The Morgan fingerprint density at radius 1 is 1.00 bits per heavy atom. The minimum absolute atomic E-state index is 0.278. The van der Waals surface area contributed by atoms with E-state index in [-0.39, 0.29) is 4.61 Å². The maximum absolute atomic E-state index is 2.46. The van der Waals surface area contributed by atoms with Gasteiger partial charge in [-0.1, -0.05) is 0 Å². The van der Waals surface area contributed by atoms with Crippen LogP contribution in [0.25, 0.3) is 0 Å². The zero-order valence-corrected chi connectivity index (χ0v) is 9.93. The summed E-state index contributed by atoms with van der Waals surface area (Å²) in [5, 5.41) is 0. The molecule has 0 radical (unpaired) electrons. The first-order valence-electron chi connectivity index (χ1n) is 0.507. The Morgan fingerprint density at radius 2 is 1.00 bits per heavy atom. The molecule has 0 heterocycles. The van der Waals surface area contributed by atoms with Crippen molar-refractivity contribution in [2.75, 3.05) is 0 Å². The molecule has 0 aromatic heterocycles. The van der Waals surface area contributed by atoms with Crippen LogP contribution in [0.4, 0.5) is 0 Å². The molecule has 0 bridgehead atoms. The van der Waals surface area contributed by atoms with Crippen LogP contribution in [-0.2, 0) is 0 Å². The summed E-state index contributed by atoms with van der Waals surface area (Å²) in [7, 11) is 0. The van der Waals surface area contributed by atoms with Crippen LogP contribution in [0.15, 0.2) is 0 Å². The van der Waals surface area contributed by atoms with E-state index in [4.69, 9.17) is 0 Å². The van der Waals surface area contributed by atoms with Crippen LogP contribution in [0.2, 0.25) is 0 Å². The molecule has 0 rings (SSSR count). The second-order valence-corrected chi connectivity index (χ2v) is 44.8. The fourth-order valence-corrected chi connectivity index (χ4v) is 0. The van der Waals surface area contributed by atoms with Crippen molar-refractivity contribution in [3.8, 4) is 0 Å². The van der Waals surface area contributed by atoms with Crippen molar-refractivity contribution >= 4 is 65.0 Å². The van der Waals surface area contributed by atoms with Gasteiger partial charge in [0.1, 0.15) is 0 Å². The summed E-state index contributed by atoms with van der Waals surface area (Å²) in [6.45, 7) is 0. The Hall–Kier alpha value is 2.75. The molecule has 0 unspecified atom stereocenters. The van der Waals surface area contributed by atoms with Crippen molar-refractivity contribution in [1.82, 2.24) is 0 Å². The van der Waals surface area contributed by atoms with Crippen molar-refractivity contribution in [3.63, 3.8) is 0 Å². The van der Waals surface area contributed by atoms with E-state index in [1.54, 1.807) is 0 Å². The van der Waals surface area contributed by atoms with Gasteiger partial charge in [-0.05, 0) is 0 Å². The van der Waals surface area contributed by atoms with E-state index in [9.17, 15) is 0 Å². The molecule has 26 valence electrons. The van der Waals surface area contributed by atoms with Crippen molar-refractivity contribution in [1.29, 1.82) is 0 Å². The average molecular weight is 451 g/mol. The van der Waals surface area contributed by atoms with Crippen LogP contribution in [0.1, 0.15) is 0 Å². The molecule has 0 fully saturated rings. The van der Waals surface area contributed by atoms with Gasteiger partial charge in [-0.25, -0.2) is 0 Å². The first kappa shape index (κ1) is 6.75. The van der Waals surface area contributed by atoms with Gasteiger partial charge in [0.15, 0.2) is 0 Å². The van der Waals surface area contributed by atoms with E-state index in [2.05, 4.69) is 60.4 Å². The van der Waals surface area contributed by atoms with Gasteiger partial charge >= 0.3 is 65.0 Å². The molecule has 0 aliphatic carbocycles. The van der Waals surface area contributed by atoms with Crippen LogP contribution < -0.4 is 0 Å². The van der Waals surface area contributed by atoms with E-state index in [1.165, 1.54) is 0 Å². The van der Waals surface area contributed by atoms with Crippen molar-refractivity contribution in [3.05, 3.63) is 0 Å². The summed E-state index contributed by atoms with van der Waals surface area (Å²) in [6.07, 6.45) is 0. The molecule has 0 atom stereocenters. The zero-order chi connectivity index (χ0) is 3.58. The van der Waals surface area contributed by atoms with Gasteiger partial charge in [0.05, 0.1) is 0 Å². The SMILES string of the molecule is I[70As](I)I. The summed E-state index contributed by atoms with van der Waals surface area (Å²) in [4.78, 5) is 0. The van der Waals surface area contributed by atoms with Crippen molar-refractivity contribution in [2.45, 2.75) is 0 Å². The zero-order valence-electron chi connectivity index (χ0n) is 1.58. The third-order valence-corrected chi connectivity index (χ3v) is 0. The molecule has 0 saturated carbocycles. The number of halogens is 3. The molecule has 0 aliphatic heterocycles. The first-order valence-corrected chi connectivity index (χ1v) is 17.7. The molecule has 0 aromatic rings. The minimum atomic E-state index is -0.278. The van der Waals surface area contributed by atoms with Crippen LogP contribution in [0.3, 0.4) is 0 Å². The number of rotatable bonds is 0. The molecular formula is AsI3. The van der Waals surface area contributed by atoms with Gasteiger partial charge in [-0.15, -0.1) is 0 Å². The van der Waals surface area contributed by atoms with Gasteiger partial charge in [0, 0.05) is 0 Å². The Bertz CT molecular complexity index is 8.00. The molecule has 0 saturated heterocycles. The molecule has 0 N–H and O–H groups in total. The van der Waals surface area contributed by atoms with E-state index >= 15 is 0 Å². The Labute approximate surface area is 63.3 Å². The third-order valence-electron chi connectivity index (χ3n) is 0. The summed E-state index contributed by atoms with van der Waals surface area (Å²) in [6, 6.07) is 0. The quantitative estimate of drug-likeness (QED) is 0.392. The van der Waals surface area contributed by atoms with E-state index in [0.29, 0.717) is 0 Å². The second kappa shape index (κ2) is 3.92. The molecule has 0 aromatic carbocycles. The summed E-state index contributed by atoms with van der Waals surface area (Å²) < 4.78 is -0.278. The van der Waals surface area contributed by atoms with E-state index in [0.717, 1.165) is 0 Å². The average Bonchev–Trinajstić information content (AvgIpc) is 0.811. The molecule has 0 amide bonds. The van der Waals surface area contributed by atoms with Gasteiger partial charge in [-0.3, -0.25) is 0 Å². The van der Waals surface area contributed by atoms with Gasteiger partial charge in [0.25, 0.3) is 0 Å². The summed E-state index contributed by atoms with van der Waals surface area (Å²) >= 11 is 7.39. The van der Waals surface area contributed by atoms with Gasteiger partial charge in [-0.2, -0.15) is 0 Å². The van der Waals surface area contributed by atoms with Crippen LogP contribution >= 0.6 is 60.4 Å². The first-order chi connectivity index (χ1) is 1.73. The maximum atomic E-state index is 2.46. The predicted octanol–water partition coefficient (Wildman–Crippen LogP) is 2.28. The fourth-order valence-electron chi connectivity index (χ4n) is 0. The normalized spacial score (nSPS) is 9.00. The summed E-state index contributed by atoms with van der Waals surface area (Å²) in [5.41, 5.74) is 0. The Kier molecular flexibility index (Phi) is 6.62. The molecule has 0 aliphatic rings. The molecule has 0 spiro atoms. The van der Waals surface area contributed by atoms with Crippen molar-refractivity contribution in [2.24, 2.45) is 0 Å². The van der Waals surface area contributed by atoms with E-state index < -0.39 is 0 Å². The van der Waals surface area contributed by atoms with Gasteiger partial charge < -0.3 is 0 Å². The van der Waals surface area contributed by atoms with Crippen LogP contribution in [-0.4, -0.2) is 4.61 Å². The Morgan fingerprint density at radius 3 is 1.00 bits per heavy atom. The third kappa shape index (κ3) is 8.83. The standard InChI is InChI=1S/AsI3/c2-1(3)4/i1-5. The second-order valence-electron chi connectivity index (χ2n) is 0.192. The monoisotopic (exact) mass is 451 g/mol. The fraction of sp³-hybridized carbons (Fsp3) is 0. The topological polar surface area (TPSA) is 0 Å². The molecular weight excluding hydrogens is 451 g/mol. The Balaban J connectivity index is 2.32. The van der Waals surface area contributed by atoms with Crippen LogP contribution in [0.5, 0.6) is 0 Å². The van der Waals surface area contributed by atoms with Crippen molar-refractivity contribution < 1.29 is 0 Å². The van der Waals surface area contributed by atoms with Gasteiger partial charge in [0.2, 0.25) is 0 Å². The summed E-state index contributed by atoms with van der Waals surface area (Å²) in [5.74, 6) is 0. The molecule has 4 heteroatoms. The molecule has 0 nitrogen and oxygen atoms in total. The number of hydrogen-bond donors (Lipinski definition) is 0. The van der Waals surface area contributed by atoms with Crippen LogP contribution in [0, 0.1) is 0 Å². The number of hydrogen-bond acceptors (Lipinski definition) is 0.